The Balaban J connectivity index is 2.25. The van der Waals surface area contributed by atoms with Crippen molar-refractivity contribution in [1.82, 2.24) is 10.2 Å². The normalized spacial score (nSPS) is 11.6. The van der Waals surface area contributed by atoms with Crippen LogP contribution in [0.15, 0.2) is 35.2 Å². The number of aromatic nitrogens is 2. The lowest BCUT2D eigenvalue weighted by Gasteiger charge is -2.06. The Hall–Kier alpha value is -2.02. The van der Waals surface area contributed by atoms with E-state index in [0.717, 1.165) is 5.69 Å². The molecule has 0 saturated heterocycles. The molecular weight excluding hydrogens is 278 g/mol. The predicted octanol–water partition coefficient (Wildman–Crippen LogP) is 2.34. The molecule has 0 aliphatic carbocycles. The highest BCUT2D eigenvalue weighted by Crippen LogP contribution is 2.21. The molecule has 1 heterocycles. The van der Waals surface area contributed by atoms with Gasteiger partial charge in [-0.1, -0.05) is 19.9 Å². The van der Waals surface area contributed by atoms with Crippen LogP contribution in [0, 0.1) is 0 Å². The van der Waals surface area contributed by atoms with Gasteiger partial charge in [0, 0.05) is 17.8 Å². The standard InChI is InChI=1S/C13H17N3O3S/c1-9(2)12-8-13(15-14-12)16-20(17,18)11-6-4-5-10(7-11)19-3/h4-9H,1-3H3,(H2,14,15,16). The molecule has 2 rings (SSSR count). The summed E-state index contributed by atoms with van der Waals surface area (Å²) in [5.41, 5.74) is 0.869. The quantitative estimate of drug-likeness (QED) is 0.886. The number of aromatic amines is 1. The van der Waals surface area contributed by atoms with E-state index in [4.69, 9.17) is 4.74 Å². The Morgan fingerprint density at radius 3 is 2.65 bits per heavy atom. The molecule has 20 heavy (non-hydrogen) atoms. The van der Waals surface area contributed by atoms with Gasteiger partial charge in [0.05, 0.1) is 12.0 Å². The van der Waals surface area contributed by atoms with Gasteiger partial charge >= 0.3 is 0 Å². The number of sulfonamides is 1. The van der Waals surface area contributed by atoms with Crippen molar-refractivity contribution in [3.05, 3.63) is 36.0 Å². The van der Waals surface area contributed by atoms with Gasteiger partial charge in [-0.25, -0.2) is 8.42 Å². The zero-order valence-corrected chi connectivity index (χ0v) is 12.4. The van der Waals surface area contributed by atoms with Crippen molar-refractivity contribution in [3.8, 4) is 5.75 Å². The second-order valence-corrected chi connectivity index (χ2v) is 6.33. The van der Waals surface area contributed by atoms with Crippen molar-refractivity contribution in [3.63, 3.8) is 0 Å². The van der Waals surface area contributed by atoms with Crippen molar-refractivity contribution in [2.75, 3.05) is 11.8 Å². The second kappa shape index (κ2) is 5.54. The molecule has 108 valence electrons. The molecule has 1 aromatic carbocycles. The summed E-state index contributed by atoms with van der Waals surface area (Å²) in [6, 6.07) is 7.95. The molecule has 0 amide bonds. The first-order valence-corrected chi connectivity index (χ1v) is 7.63. The molecule has 0 aliphatic heterocycles. The monoisotopic (exact) mass is 295 g/mol. The van der Waals surface area contributed by atoms with E-state index in [2.05, 4.69) is 14.9 Å². The Morgan fingerprint density at radius 2 is 2.05 bits per heavy atom. The fourth-order valence-electron chi connectivity index (χ4n) is 1.65. The lowest BCUT2D eigenvalue weighted by Crippen LogP contribution is -2.13. The van der Waals surface area contributed by atoms with Crippen LogP contribution in [-0.2, 0) is 10.0 Å². The number of hydrogen-bond acceptors (Lipinski definition) is 4. The summed E-state index contributed by atoms with van der Waals surface area (Å²) in [5.74, 6) is 1.01. The molecule has 0 saturated carbocycles. The summed E-state index contributed by atoms with van der Waals surface area (Å²) >= 11 is 0. The number of nitrogens with one attached hydrogen (secondary N) is 2. The van der Waals surface area contributed by atoms with Gasteiger partial charge in [-0.15, -0.1) is 0 Å². The Morgan fingerprint density at radius 1 is 1.30 bits per heavy atom. The van der Waals surface area contributed by atoms with Crippen molar-refractivity contribution >= 4 is 15.8 Å². The van der Waals surface area contributed by atoms with E-state index in [1.54, 1.807) is 18.2 Å². The molecule has 0 fully saturated rings. The molecular formula is C13H17N3O3S. The van der Waals surface area contributed by atoms with E-state index in [9.17, 15) is 8.42 Å². The molecule has 0 atom stereocenters. The minimum atomic E-state index is -3.67. The Kier molecular flexibility index (Phi) is 3.99. The zero-order valence-electron chi connectivity index (χ0n) is 11.5. The summed E-state index contributed by atoms with van der Waals surface area (Å²) in [6.07, 6.45) is 0. The number of rotatable bonds is 5. The predicted molar refractivity (Wildman–Crippen MR) is 76.5 cm³/mol. The smallest absolute Gasteiger partial charge is 0.263 e. The van der Waals surface area contributed by atoms with Gasteiger partial charge in [0.2, 0.25) is 0 Å². The average molecular weight is 295 g/mol. The fraction of sp³-hybridized carbons (Fsp3) is 0.308. The minimum absolute atomic E-state index is 0.131. The maximum absolute atomic E-state index is 12.2. The molecule has 1 aromatic heterocycles. The van der Waals surface area contributed by atoms with Crippen LogP contribution in [0.4, 0.5) is 5.82 Å². The van der Waals surface area contributed by atoms with Gasteiger partial charge in [0.15, 0.2) is 5.82 Å². The Labute approximate surface area is 118 Å². The van der Waals surface area contributed by atoms with Gasteiger partial charge in [0.1, 0.15) is 5.75 Å². The number of nitrogens with zero attached hydrogens (tertiary/aromatic N) is 1. The van der Waals surface area contributed by atoms with Crippen molar-refractivity contribution < 1.29 is 13.2 Å². The fourth-order valence-corrected chi connectivity index (χ4v) is 2.68. The second-order valence-electron chi connectivity index (χ2n) is 4.65. The molecule has 6 nitrogen and oxygen atoms in total. The van der Waals surface area contributed by atoms with Crippen LogP contribution in [0.5, 0.6) is 5.75 Å². The third-order valence-electron chi connectivity index (χ3n) is 2.81. The third-order valence-corrected chi connectivity index (χ3v) is 4.16. The molecule has 7 heteroatoms. The number of H-pyrrole nitrogens is 1. The maximum Gasteiger partial charge on any atom is 0.263 e. The largest absolute Gasteiger partial charge is 0.497 e. The summed E-state index contributed by atoms with van der Waals surface area (Å²) in [6.45, 7) is 3.99. The van der Waals surface area contributed by atoms with Gasteiger partial charge in [-0.2, -0.15) is 5.10 Å². The number of anilines is 1. The summed E-state index contributed by atoms with van der Waals surface area (Å²) in [7, 11) is -2.18. The van der Waals surface area contributed by atoms with Crippen molar-refractivity contribution in [2.24, 2.45) is 0 Å². The average Bonchev–Trinajstić information content (AvgIpc) is 2.87. The third kappa shape index (κ3) is 3.11. The van der Waals surface area contributed by atoms with Gasteiger partial charge in [-0.3, -0.25) is 9.82 Å². The highest BCUT2D eigenvalue weighted by Gasteiger charge is 2.17. The summed E-state index contributed by atoms with van der Waals surface area (Å²) < 4.78 is 31.9. The SMILES string of the molecule is COc1cccc(S(=O)(=O)Nc2cc(C(C)C)[nH]n2)c1. The first-order chi connectivity index (χ1) is 9.42. The van der Waals surface area contributed by atoms with Crippen LogP contribution in [0.1, 0.15) is 25.5 Å². The van der Waals surface area contributed by atoms with Crippen molar-refractivity contribution in [1.29, 1.82) is 0 Å². The van der Waals surface area contributed by atoms with Crippen LogP contribution in [0.3, 0.4) is 0 Å². The molecule has 2 N–H and O–H groups in total. The van der Waals surface area contributed by atoms with E-state index < -0.39 is 10.0 Å². The minimum Gasteiger partial charge on any atom is -0.497 e. The van der Waals surface area contributed by atoms with E-state index >= 15 is 0 Å². The van der Waals surface area contributed by atoms with Gasteiger partial charge < -0.3 is 4.74 Å². The number of hydrogen-bond donors (Lipinski definition) is 2. The first kappa shape index (κ1) is 14.4. The molecule has 0 spiro atoms. The summed E-state index contributed by atoms with van der Waals surface area (Å²) in [4.78, 5) is 0.131. The number of methoxy groups -OCH3 is 1. The summed E-state index contributed by atoms with van der Waals surface area (Å²) in [5, 5.41) is 6.74. The van der Waals surface area contributed by atoms with Gasteiger partial charge in [0.25, 0.3) is 10.0 Å². The van der Waals surface area contributed by atoms with Crippen LogP contribution in [0.25, 0.3) is 0 Å². The number of benzene rings is 1. The molecule has 0 aliphatic rings. The van der Waals surface area contributed by atoms with Crippen LogP contribution >= 0.6 is 0 Å². The van der Waals surface area contributed by atoms with Crippen molar-refractivity contribution in [2.45, 2.75) is 24.7 Å². The topological polar surface area (TPSA) is 84.1 Å². The molecule has 0 bridgehead atoms. The maximum atomic E-state index is 12.2. The van der Waals surface area contributed by atoms with Crippen LogP contribution < -0.4 is 9.46 Å². The highest BCUT2D eigenvalue weighted by molar-refractivity contribution is 7.92. The van der Waals surface area contributed by atoms with Gasteiger partial charge in [-0.05, 0) is 18.1 Å². The van der Waals surface area contributed by atoms with E-state index in [1.807, 2.05) is 13.8 Å². The zero-order chi connectivity index (χ0) is 14.8. The van der Waals surface area contributed by atoms with Crippen LogP contribution in [-0.4, -0.2) is 25.7 Å². The highest BCUT2D eigenvalue weighted by atomic mass is 32.2. The van der Waals surface area contributed by atoms with E-state index in [0.29, 0.717) is 5.75 Å². The Bertz CT molecular complexity index is 692. The lowest BCUT2D eigenvalue weighted by atomic mass is 10.1. The molecule has 0 unspecified atom stereocenters. The van der Waals surface area contributed by atoms with E-state index in [1.165, 1.54) is 19.2 Å². The van der Waals surface area contributed by atoms with Crippen LogP contribution in [0.2, 0.25) is 0 Å². The first-order valence-electron chi connectivity index (χ1n) is 6.14. The molecule has 0 radical (unpaired) electrons. The van der Waals surface area contributed by atoms with E-state index in [-0.39, 0.29) is 16.6 Å². The lowest BCUT2D eigenvalue weighted by molar-refractivity contribution is 0.413. The number of ether oxygens (including phenoxy) is 1. The molecule has 2 aromatic rings.